The number of hydrogen-bond acceptors (Lipinski definition) is 2. The number of nitrogens with zero attached hydrogens (tertiary/aromatic N) is 2. The molecule has 0 aliphatic heterocycles. The second-order valence-corrected chi connectivity index (χ2v) is 4.46. The van der Waals surface area contributed by atoms with E-state index in [1.165, 1.54) is 0 Å². The minimum atomic E-state index is 0.00333. The third kappa shape index (κ3) is 3.20. The summed E-state index contributed by atoms with van der Waals surface area (Å²) in [6.07, 6.45) is 4.00. The molecule has 1 aromatic carbocycles. The zero-order chi connectivity index (χ0) is 13.0. The maximum atomic E-state index is 11.9. The first-order chi connectivity index (χ1) is 8.65. The molecular weight excluding hydrogens is 226 g/mol. The van der Waals surface area contributed by atoms with E-state index >= 15 is 0 Å². The Balaban J connectivity index is 1.93. The molecule has 4 heteroatoms. The van der Waals surface area contributed by atoms with Gasteiger partial charge in [-0.3, -0.25) is 9.48 Å². The molecule has 4 nitrogen and oxygen atoms in total. The van der Waals surface area contributed by atoms with Crippen molar-refractivity contribution >= 4 is 11.6 Å². The van der Waals surface area contributed by atoms with Crippen LogP contribution in [0.3, 0.4) is 0 Å². The van der Waals surface area contributed by atoms with E-state index in [0.29, 0.717) is 6.42 Å². The summed E-state index contributed by atoms with van der Waals surface area (Å²) in [5.74, 6) is 0.00333. The van der Waals surface area contributed by atoms with Crippen molar-refractivity contribution in [2.45, 2.75) is 26.3 Å². The van der Waals surface area contributed by atoms with E-state index in [-0.39, 0.29) is 11.9 Å². The maximum absolute atomic E-state index is 11.9. The van der Waals surface area contributed by atoms with Gasteiger partial charge in [-0.05, 0) is 37.6 Å². The maximum Gasteiger partial charge on any atom is 0.226 e. The summed E-state index contributed by atoms with van der Waals surface area (Å²) in [7, 11) is 0. The van der Waals surface area contributed by atoms with Crippen LogP contribution in [0.4, 0.5) is 5.69 Å². The van der Waals surface area contributed by atoms with Crippen LogP contribution in [0.25, 0.3) is 0 Å². The van der Waals surface area contributed by atoms with Crippen molar-refractivity contribution in [1.29, 1.82) is 0 Å². The van der Waals surface area contributed by atoms with Crippen molar-refractivity contribution in [3.05, 3.63) is 48.3 Å². The van der Waals surface area contributed by atoms with Crippen LogP contribution >= 0.6 is 0 Å². The van der Waals surface area contributed by atoms with Crippen molar-refractivity contribution in [3.8, 4) is 0 Å². The number of rotatable bonds is 4. The van der Waals surface area contributed by atoms with E-state index in [4.69, 9.17) is 0 Å². The molecule has 1 N–H and O–H groups in total. The van der Waals surface area contributed by atoms with E-state index in [1.54, 1.807) is 10.9 Å². The molecule has 1 unspecified atom stereocenters. The summed E-state index contributed by atoms with van der Waals surface area (Å²) in [5, 5.41) is 7.02. The SMILES string of the molecule is Cc1cccc(NC(=O)CC(C)n2cccn2)c1. The van der Waals surface area contributed by atoms with Crippen LogP contribution in [0.1, 0.15) is 24.9 Å². The lowest BCUT2D eigenvalue weighted by Gasteiger charge is -2.12. The Bertz CT molecular complexity index is 520. The van der Waals surface area contributed by atoms with Crippen LogP contribution in [0, 0.1) is 6.92 Å². The van der Waals surface area contributed by atoms with Crippen molar-refractivity contribution in [3.63, 3.8) is 0 Å². The Morgan fingerprint density at radius 2 is 2.28 bits per heavy atom. The van der Waals surface area contributed by atoms with Crippen molar-refractivity contribution in [2.24, 2.45) is 0 Å². The number of hydrogen-bond donors (Lipinski definition) is 1. The number of carbonyl (C=O) groups is 1. The standard InChI is InChI=1S/C14H17N3O/c1-11-5-3-6-13(9-11)16-14(18)10-12(2)17-8-4-7-15-17/h3-9,12H,10H2,1-2H3,(H,16,18). The summed E-state index contributed by atoms with van der Waals surface area (Å²) in [6.45, 7) is 3.98. The molecule has 1 aromatic heterocycles. The molecule has 0 radical (unpaired) electrons. The monoisotopic (exact) mass is 243 g/mol. The number of nitrogens with one attached hydrogen (secondary N) is 1. The minimum absolute atomic E-state index is 0.00333. The molecule has 2 aromatic rings. The lowest BCUT2D eigenvalue weighted by atomic mass is 10.2. The number of aryl methyl sites for hydroxylation is 1. The first-order valence-electron chi connectivity index (χ1n) is 6.01. The third-order valence-corrected chi connectivity index (χ3v) is 2.76. The zero-order valence-corrected chi connectivity index (χ0v) is 10.6. The highest BCUT2D eigenvalue weighted by atomic mass is 16.1. The lowest BCUT2D eigenvalue weighted by Crippen LogP contribution is -2.17. The molecule has 0 saturated carbocycles. The van der Waals surface area contributed by atoms with Gasteiger partial charge < -0.3 is 5.32 Å². The van der Waals surface area contributed by atoms with Crippen molar-refractivity contribution < 1.29 is 4.79 Å². The number of amides is 1. The Morgan fingerprint density at radius 1 is 1.44 bits per heavy atom. The van der Waals surface area contributed by atoms with Gasteiger partial charge in [0.15, 0.2) is 0 Å². The van der Waals surface area contributed by atoms with E-state index < -0.39 is 0 Å². The Kier molecular flexibility index (Phi) is 3.77. The van der Waals surface area contributed by atoms with Gasteiger partial charge in [-0.15, -0.1) is 0 Å². The molecule has 0 spiro atoms. The van der Waals surface area contributed by atoms with Crippen molar-refractivity contribution in [1.82, 2.24) is 9.78 Å². The van der Waals surface area contributed by atoms with Gasteiger partial charge in [-0.2, -0.15) is 5.10 Å². The van der Waals surface area contributed by atoms with Gasteiger partial charge in [-0.25, -0.2) is 0 Å². The largest absolute Gasteiger partial charge is 0.326 e. The molecule has 0 fully saturated rings. The molecule has 0 saturated heterocycles. The number of aromatic nitrogens is 2. The van der Waals surface area contributed by atoms with Gasteiger partial charge in [0.2, 0.25) is 5.91 Å². The van der Waals surface area contributed by atoms with E-state index in [1.807, 2.05) is 50.4 Å². The topological polar surface area (TPSA) is 46.9 Å². The van der Waals surface area contributed by atoms with Gasteiger partial charge >= 0.3 is 0 Å². The lowest BCUT2D eigenvalue weighted by molar-refractivity contribution is -0.116. The highest BCUT2D eigenvalue weighted by molar-refractivity contribution is 5.90. The van der Waals surface area contributed by atoms with Crippen molar-refractivity contribution in [2.75, 3.05) is 5.32 Å². The molecule has 0 bridgehead atoms. The average molecular weight is 243 g/mol. The predicted molar refractivity (Wildman–Crippen MR) is 71.4 cm³/mol. The molecule has 94 valence electrons. The molecule has 0 aliphatic rings. The second-order valence-electron chi connectivity index (χ2n) is 4.46. The van der Waals surface area contributed by atoms with Crippen LogP contribution in [0.15, 0.2) is 42.7 Å². The first kappa shape index (κ1) is 12.4. The Labute approximate surface area is 107 Å². The Hall–Kier alpha value is -2.10. The summed E-state index contributed by atoms with van der Waals surface area (Å²) in [6, 6.07) is 9.70. The molecule has 1 atom stereocenters. The summed E-state index contributed by atoms with van der Waals surface area (Å²) in [5.41, 5.74) is 1.97. The highest BCUT2D eigenvalue weighted by Gasteiger charge is 2.10. The fourth-order valence-electron chi connectivity index (χ4n) is 1.84. The summed E-state index contributed by atoms with van der Waals surface area (Å²) < 4.78 is 1.79. The molecular formula is C14H17N3O. The Morgan fingerprint density at radius 3 is 2.94 bits per heavy atom. The molecule has 2 rings (SSSR count). The third-order valence-electron chi connectivity index (χ3n) is 2.76. The van der Waals surface area contributed by atoms with Gasteiger partial charge in [0.05, 0.1) is 6.04 Å². The smallest absolute Gasteiger partial charge is 0.226 e. The average Bonchev–Trinajstić information content (AvgIpc) is 2.81. The predicted octanol–water partition coefficient (Wildman–Crippen LogP) is 2.78. The van der Waals surface area contributed by atoms with Gasteiger partial charge in [-0.1, -0.05) is 12.1 Å². The van der Waals surface area contributed by atoms with Crippen LogP contribution in [0.5, 0.6) is 0 Å². The van der Waals surface area contributed by atoms with Crippen LogP contribution in [-0.4, -0.2) is 15.7 Å². The van der Waals surface area contributed by atoms with Crippen LogP contribution in [-0.2, 0) is 4.79 Å². The zero-order valence-electron chi connectivity index (χ0n) is 10.6. The highest BCUT2D eigenvalue weighted by Crippen LogP contribution is 2.13. The fraction of sp³-hybridized carbons (Fsp3) is 0.286. The number of carbonyl (C=O) groups excluding carboxylic acids is 1. The van der Waals surface area contributed by atoms with Gasteiger partial charge in [0.25, 0.3) is 0 Å². The van der Waals surface area contributed by atoms with E-state index in [0.717, 1.165) is 11.3 Å². The number of benzene rings is 1. The molecule has 1 heterocycles. The summed E-state index contributed by atoms with van der Waals surface area (Å²) >= 11 is 0. The molecule has 1 amide bonds. The quantitative estimate of drug-likeness (QED) is 0.897. The minimum Gasteiger partial charge on any atom is -0.326 e. The van der Waals surface area contributed by atoms with E-state index in [9.17, 15) is 4.79 Å². The first-order valence-corrected chi connectivity index (χ1v) is 6.01. The summed E-state index contributed by atoms with van der Waals surface area (Å²) in [4.78, 5) is 11.9. The van der Waals surface area contributed by atoms with Crippen LogP contribution in [0.2, 0.25) is 0 Å². The fourth-order valence-corrected chi connectivity index (χ4v) is 1.84. The molecule has 18 heavy (non-hydrogen) atoms. The van der Waals surface area contributed by atoms with E-state index in [2.05, 4.69) is 10.4 Å². The number of anilines is 1. The van der Waals surface area contributed by atoms with Gasteiger partial charge in [0, 0.05) is 24.5 Å². The molecule has 0 aliphatic carbocycles. The van der Waals surface area contributed by atoms with Gasteiger partial charge in [0.1, 0.15) is 0 Å². The second kappa shape index (κ2) is 5.49. The normalized spacial score (nSPS) is 12.1. The van der Waals surface area contributed by atoms with Crippen LogP contribution < -0.4 is 5.32 Å².